The van der Waals surface area contributed by atoms with Gasteiger partial charge in [-0.3, -0.25) is 4.79 Å². The molecule has 0 saturated carbocycles. The maximum absolute atomic E-state index is 13.0. The fraction of sp³-hybridized carbons (Fsp3) is 0.550. The summed E-state index contributed by atoms with van der Waals surface area (Å²) in [6, 6.07) is 2.68. The number of benzene rings is 1. The van der Waals surface area contributed by atoms with E-state index >= 15 is 0 Å². The zero-order chi connectivity index (χ0) is 25.4. The van der Waals surface area contributed by atoms with Crippen LogP contribution in [0.2, 0.25) is 0 Å². The van der Waals surface area contributed by atoms with E-state index in [1.807, 2.05) is 0 Å². The average Bonchev–Trinajstić information content (AvgIpc) is 3.14. The Labute approximate surface area is 184 Å². The van der Waals surface area contributed by atoms with Crippen LogP contribution in [0.5, 0.6) is 0 Å². The molecule has 1 aromatic rings. The van der Waals surface area contributed by atoms with Crippen LogP contribution < -0.4 is 10.4 Å². The minimum absolute atomic E-state index is 0.0662. The monoisotopic (exact) mass is 483 g/mol. The number of carboxylic acid groups (broad SMARTS) is 1. The summed E-state index contributed by atoms with van der Waals surface area (Å²) in [5.74, 6) is -3.06. The number of nitrogens with zero attached hydrogens (tertiary/aromatic N) is 1. The van der Waals surface area contributed by atoms with Crippen molar-refractivity contribution < 1.29 is 51.0 Å². The first-order valence-corrected chi connectivity index (χ1v) is 9.57. The first-order valence-electron chi connectivity index (χ1n) is 9.57. The van der Waals surface area contributed by atoms with Gasteiger partial charge in [0, 0.05) is 30.4 Å². The number of carboxylic acids is 1. The Morgan fingerprint density at radius 3 is 2.06 bits per heavy atom. The van der Waals surface area contributed by atoms with Gasteiger partial charge in [0.05, 0.1) is 5.71 Å². The Hall–Kier alpha value is -2.83. The van der Waals surface area contributed by atoms with Crippen LogP contribution in [0.25, 0.3) is 0 Å². The molecule has 1 aliphatic heterocycles. The molecule has 1 heterocycles. The topological polar surface area (TPSA) is 111 Å². The molecule has 184 valence electrons. The van der Waals surface area contributed by atoms with Crippen LogP contribution in [0.15, 0.2) is 29.4 Å². The highest BCUT2D eigenvalue weighted by Crippen LogP contribution is 2.50. The van der Waals surface area contributed by atoms with Gasteiger partial charge in [0.15, 0.2) is 0 Å². The van der Waals surface area contributed by atoms with E-state index in [4.69, 9.17) is 4.84 Å². The SMILES string of the molecule is CC(C)(C)C(CNC(=O)C1CC(c2ccc(C(O)(C(F)(F)F)C(F)(F)F)cc2)=NO1)C(=O)[O-]. The fourth-order valence-electron chi connectivity index (χ4n) is 3.14. The molecule has 0 spiro atoms. The third-order valence-corrected chi connectivity index (χ3v) is 5.23. The summed E-state index contributed by atoms with van der Waals surface area (Å²) in [5.41, 5.74) is -7.06. The van der Waals surface area contributed by atoms with Crippen LogP contribution in [-0.4, -0.2) is 47.7 Å². The highest BCUT2D eigenvalue weighted by Gasteiger charge is 2.71. The zero-order valence-electron chi connectivity index (χ0n) is 17.7. The lowest BCUT2D eigenvalue weighted by Crippen LogP contribution is -2.53. The molecule has 2 unspecified atom stereocenters. The first-order chi connectivity index (χ1) is 14.9. The molecule has 0 radical (unpaired) electrons. The lowest BCUT2D eigenvalue weighted by Gasteiger charge is -2.32. The number of hydrogen-bond acceptors (Lipinski definition) is 6. The van der Waals surface area contributed by atoms with Gasteiger partial charge in [0.1, 0.15) is 0 Å². The number of aliphatic hydroxyl groups is 1. The normalized spacial score (nSPS) is 18.4. The van der Waals surface area contributed by atoms with E-state index in [1.165, 1.54) is 0 Å². The van der Waals surface area contributed by atoms with Crippen LogP contribution in [0.3, 0.4) is 0 Å². The van der Waals surface area contributed by atoms with Crippen molar-refractivity contribution in [2.75, 3.05) is 6.54 Å². The Balaban J connectivity index is 2.10. The van der Waals surface area contributed by atoms with E-state index in [2.05, 4.69) is 10.5 Å². The van der Waals surface area contributed by atoms with E-state index < -0.39 is 52.8 Å². The van der Waals surface area contributed by atoms with Crippen molar-refractivity contribution in [1.82, 2.24) is 5.32 Å². The van der Waals surface area contributed by atoms with Crippen molar-refractivity contribution in [3.05, 3.63) is 35.4 Å². The predicted octanol–water partition coefficient (Wildman–Crippen LogP) is 2.02. The molecule has 0 fully saturated rings. The van der Waals surface area contributed by atoms with E-state index in [-0.39, 0.29) is 24.2 Å². The molecule has 2 rings (SSSR count). The molecule has 0 aliphatic carbocycles. The first kappa shape index (κ1) is 26.4. The second-order valence-electron chi connectivity index (χ2n) is 8.60. The number of nitrogens with one attached hydrogen (secondary N) is 1. The molecule has 33 heavy (non-hydrogen) atoms. The largest absolute Gasteiger partial charge is 0.550 e. The highest BCUT2D eigenvalue weighted by molar-refractivity contribution is 6.04. The second kappa shape index (κ2) is 8.84. The lowest BCUT2D eigenvalue weighted by molar-refractivity contribution is -0.376. The van der Waals surface area contributed by atoms with E-state index in [1.54, 1.807) is 20.8 Å². The molecular formula is C20H21F6N2O5-. The molecule has 1 aliphatic rings. The second-order valence-corrected chi connectivity index (χ2v) is 8.60. The summed E-state index contributed by atoms with van der Waals surface area (Å²) in [4.78, 5) is 28.5. The van der Waals surface area contributed by atoms with E-state index in [0.717, 1.165) is 12.1 Å². The minimum atomic E-state index is -6.01. The number of alkyl halides is 6. The number of hydrogen-bond donors (Lipinski definition) is 2. The Morgan fingerprint density at radius 1 is 1.12 bits per heavy atom. The molecule has 0 bridgehead atoms. The summed E-state index contributed by atoms with van der Waals surface area (Å²) in [5, 5.41) is 26.7. The Morgan fingerprint density at radius 2 is 1.64 bits per heavy atom. The zero-order valence-corrected chi connectivity index (χ0v) is 17.7. The molecule has 1 aromatic carbocycles. The number of amides is 1. The quantitative estimate of drug-likeness (QED) is 0.602. The van der Waals surface area contributed by atoms with Crippen LogP contribution in [0, 0.1) is 11.3 Å². The van der Waals surface area contributed by atoms with E-state index in [9.17, 15) is 46.1 Å². The van der Waals surface area contributed by atoms with Crippen molar-refractivity contribution in [2.24, 2.45) is 16.5 Å². The maximum Gasteiger partial charge on any atom is 0.430 e. The summed E-state index contributed by atoms with van der Waals surface area (Å²) in [7, 11) is 0. The summed E-state index contributed by atoms with van der Waals surface area (Å²) < 4.78 is 77.9. The standard InChI is InChI=1S/C20H22F6N2O5/c1-17(2,3)12(16(30)31)9-27-15(29)14-8-13(28-33-14)10-4-6-11(7-5-10)18(32,19(21,22)23)20(24,25)26/h4-7,12,14,32H,8-9H2,1-3H3,(H,27,29)(H,30,31)/p-1. The van der Waals surface area contributed by atoms with Crippen LogP contribution in [-0.2, 0) is 20.0 Å². The minimum Gasteiger partial charge on any atom is -0.550 e. The molecule has 2 atom stereocenters. The smallest absolute Gasteiger partial charge is 0.430 e. The highest BCUT2D eigenvalue weighted by atomic mass is 19.4. The van der Waals surface area contributed by atoms with Crippen molar-refractivity contribution in [3.63, 3.8) is 0 Å². The van der Waals surface area contributed by atoms with Gasteiger partial charge in [-0.2, -0.15) is 26.3 Å². The summed E-state index contributed by atoms with van der Waals surface area (Å²) in [6.45, 7) is 4.70. The van der Waals surface area contributed by atoms with Crippen LogP contribution in [0.1, 0.15) is 38.3 Å². The number of halogens is 6. The molecule has 7 nitrogen and oxygen atoms in total. The Bertz CT molecular complexity index is 905. The maximum atomic E-state index is 13.0. The number of carbonyl (C=O) groups is 2. The molecule has 0 aromatic heterocycles. The molecule has 13 heteroatoms. The van der Waals surface area contributed by atoms with Crippen molar-refractivity contribution in [1.29, 1.82) is 0 Å². The van der Waals surface area contributed by atoms with Gasteiger partial charge in [0.25, 0.3) is 11.5 Å². The van der Waals surface area contributed by atoms with Gasteiger partial charge >= 0.3 is 12.4 Å². The van der Waals surface area contributed by atoms with E-state index in [0.29, 0.717) is 12.1 Å². The van der Waals surface area contributed by atoms with Gasteiger partial charge in [0.2, 0.25) is 6.10 Å². The van der Waals surface area contributed by atoms with Gasteiger partial charge in [-0.25, -0.2) is 0 Å². The molecule has 1 amide bonds. The number of oxime groups is 1. The van der Waals surface area contributed by atoms with Gasteiger partial charge in [-0.1, -0.05) is 50.2 Å². The predicted molar refractivity (Wildman–Crippen MR) is 99.4 cm³/mol. The van der Waals surface area contributed by atoms with Gasteiger partial charge in [-0.15, -0.1) is 0 Å². The van der Waals surface area contributed by atoms with Crippen LogP contribution >= 0.6 is 0 Å². The number of aliphatic carboxylic acids is 1. The third kappa shape index (κ3) is 5.40. The lowest BCUT2D eigenvalue weighted by atomic mass is 9.80. The molecular weight excluding hydrogens is 462 g/mol. The third-order valence-electron chi connectivity index (χ3n) is 5.23. The number of rotatable bonds is 6. The summed E-state index contributed by atoms with van der Waals surface area (Å²) in [6.07, 6.45) is -13.4. The molecule has 0 saturated heterocycles. The van der Waals surface area contributed by atoms with Gasteiger partial charge < -0.3 is 25.2 Å². The van der Waals surface area contributed by atoms with Crippen LogP contribution in [0.4, 0.5) is 26.3 Å². The van der Waals surface area contributed by atoms with Crippen molar-refractivity contribution >= 4 is 17.6 Å². The molecule has 2 N–H and O–H groups in total. The van der Waals surface area contributed by atoms with Crippen molar-refractivity contribution in [3.8, 4) is 0 Å². The summed E-state index contributed by atoms with van der Waals surface area (Å²) >= 11 is 0. The average molecular weight is 483 g/mol. The fourth-order valence-corrected chi connectivity index (χ4v) is 3.14. The van der Waals surface area contributed by atoms with Crippen molar-refractivity contribution in [2.45, 2.75) is 51.2 Å². The Kier molecular flexibility index (Phi) is 7.08. The number of carbonyl (C=O) groups excluding carboxylic acids is 2. The van der Waals surface area contributed by atoms with Gasteiger partial charge in [-0.05, 0) is 11.0 Å².